The van der Waals surface area contributed by atoms with Gasteiger partial charge in [0.05, 0.1) is 12.0 Å². The van der Waals surface area contributed by atoms with E-state index in [1.54, 1.807) is 0 Å². The van der Waals surface area contributed by atoms with Crippen molar-refractivity contribution in [3.8, 4) is 6.07 Å². The number of nitrogens with zero attached hydrogens (tertiary/aromatic N) is 1. The maximum absolute atomic E-state index is 8.91. The third kappa shape index (κ3) is 2.06. The highest BCUT2D eigenvalue weighted by molar-refractivity contribution is 5.85. The predicted octanol–water partition coefficient (Wildman–Crippen LogP) is 1.93. The molecule has 0 unspecified atom stereocenters. The minimum Gasteiger partial charge on any atom is -0.315 e. The Labute approximate surface area is 90.3 Å². The Morgan fingerprint density at radius 1 is 1.21 bits per heavy atom. The summed E-state index contributed by atoms with van der Waals surface area (Å²) in [5, 5.41) is 12.2. The zero-order chi connectivity index (χ0) is 9.10. The van der Waals surface area contributed by atoms with Gasteiger partial charge in [-0.1, -0.05) is 30.3 Å². The Kier molecular flexibility index (Phi) is 3.94. The number of nitrogens with one attached hydrogen (secondary N) is 1. The molecule has 3 heteroatoms. The lowest BCUT2D eigenvalue weighted by Gasteiger charge is -2.11. The summed E-state index contributed by atoms with van der Waals surface area (Å²) in [7, 11) is 0. The fourth-order valence-corrected chi connectivity index (χ4v) is 1.86. The van der Waals surface area contributed by atoms with E-state index in [1.807, 2.05) is 18.2 Å². The molecule has 0 saturated carbocycles. The van der Waals surface area contributed by atoms with Crippen LogP contribution in [0.15, 0.2) is 30.3 Å². The lowest BCUT2D eigenvalue weighted by molar-refractivity contribution is 0.646. The first-order valence-electron chi connectivity index (χ1n) is 4.57. The molecule has 0 radical (unpaired) electrons. The molecular weight excluding hydrogens is 196 g/mol. The summed E-state index contributed by atoms with van der Waals surface area (Å²) in [6.45, 7) is 1.76. The molecule has 0 bridgehead atoms. The molecule has 0 spiro atoms. The van der Waals surface area contributed by atoms with E-state index in [0.717, 1.165) is 13.1 Å². The fourth-order valence-electron chi connectivity index (χ4n) is 1.86. The number of nitriles is 1. The van der Waals surface area contributed by atoms with Crippen LogP contribution < -0.4 is 5.32 Å². The van der Waals surface area contributed by atoms with E-state index in [1.165, 1.54) is 5.56 Å². The van der Waals surface area contributed by atoms with Gasteiger partial charge in [0.1, 0.15) is 0 Å². The first-order valence-corrected chi connectivity index (χ1v) is 4.57. The number of hydrogen-bond acceptors (Lipinski definition) is 2. The number of halogens is 1. The molecule has 1 fully saturated rings. The average Bonchev–Trinajstić information content (AvgIpc) is 2.67. The Bertz CT molecular complexity index is 318. The van der Waals surface area contributed by atoms with Gasteiger partial charge in [0.15, 0.2) is 0 Å². The predicted molar refractivity (Wildman–Crippen MR) is 58.4 cm³/mol. The molecule has 1 aliphatic rings. The maximum Gasteiger partial charge on any atom is 0.0676 e. The smallest absolute Gasteiger partial charge is 0.0676 e. The second-order valence-corrected chi connectivity index (χ2v) is 3.41. The SMILES string of the molecule is Cl.N#C[C@@H]1CNC[C@H]1c1ccccc1. The van der Waals surface area contributed by atoms with Gasteiger partial charge in [-0.25, -0.2) is 0 Å². The molecular formula is C11H13ClN2. The molecule has 1 aromatic rings. The highest BCUT2D eigenvalue weighted by Crippen LogP contribution is 2.26. The molecule has 1 aromatic carbocycles. The van der Waals surface area contributed by atoms with Gasteiger partial charge in [0.2, 0.25) is 0 Å². The van der Waals surface area contributed by atoms with Gasteiger partial charge in [-0.05, 0) is 5.56 Å². The second kappa shape index (κ2) is 4.99. The summed E-state index contributed by atoms with van der Waals surface area (Å²) in [5.41, 5.74) is 1.28. The molecule has 2 atom stereocenters. The van der Waals surface area contributed by atoms with E-state index in [9.17, 15) is 0 Å². The van der Waals surface area contributed by atoms with Crippen molar-refractivity contribution in [1.29, 1.82) is 5.26 Å². The average molecular weight is 209 g/mol. The first kappa shape index (κ1) is 11.0. The van der Waals surface area contributed by atoms with E-state index >= 15 is 0 Å². The van der Waals surface area contributed by atoms with Crippen LogP contribution in [0, 0.1) is 17.2 Å². The second-order valence-electron chi connectivity index (χ2n) is 3.41. The van der Waals surface area contributed by atoms with E-state index in [2.05, 4.69) is 23.5 Å². The Morgan fingerprint density at radius 2 is 1.93 bits per heavy atom. The molecule has 1 N–H and O–H groups in total. The zero-order valence-corrected chi connectivity index (χ0v) is 8.63. The van der Waals surface area contributed by atoms with Gasteiger partial charge in [-0.3, -0.25) is 0 Å². The van der Waals surface area contributed by atoms with Gasteiger partial charge in [-0.2, -0.15) is 5.26 Å². The van der Waals surface area contributed by atoms with Crippen LogP contribution in [-0.2, 0) is 0 Å². The summed E-state index contributed by atoms with van der Waals surface area (Å²) in [4.78, 5) is 0. The highest BCUT2D eigenvalue weighted by Gasteiger charge is 2.27. The van der Waals surface area contributed by atoms with Crippen molar-refractivity contribution in [2.24, 2.45) is 5.92 Å². The highest BCUT2D eigenvalue weighted by atomic mass is 35.5. The van der Waals surface area contributed by atoms with Crippen molar-refractivity contribution in [2.75, 3.05) is 13.1 Å². The lowest BCUT2D eigenvalue weighted by Crippen LogP contribution is -2.07. The summed E-state index contributed by atoms with van der Waals surface area (Å²) in [5.74, 6) is 0.522. The molecule has 14 heavy (non-hydrogen) atoms. The maximum atomic E-state index is 8.91. The van der Waals surface area contributed by atoms with Crippen molar-refractivity contribution in [3.05, 3.63) is 35.9 Å². The van der Waals surface area contributed by atoms with Crippen LogP contribution in [0.4, 0.5) is 0 Å². The summed E-state index contributed by atoms with van der Waals surface area (Å²) < 4.78 is 0. The van der Waals surface area contributed by atoms with Gasteiger partial charge in [0, 0.05) is 19.0 Å². The molecule has 0 aromatic heterocycles. The zero-order valence-electron chi connectivity index (χ0n) is 7.81. The summed E-state index contributed by atoms with van der Waals surface area (Å²) in [6, 6.07) is 12.6. The van der Waals surface area contributed by atoms with Crippen molar-refractivity contribution in [2.45, 2.75) is 5.92 Å². The van der Waals surface area contributed by atoms with Crippen LogP contribution in [0.3, 0.4) is 0 Å². The Balaban J connectivity index is 0.000000980. The van der Waals surface area contributed by atoms with Crippen LogP contribution in [0.5, 0.6) is 0 Å². The van der Waals surface area contributed by atoms with Crippen LogP contribution in [-0.4, -0.2) is 13.1 Å². The van der Waals surface area contributed by atoms with Gasteiger partial charge in [-0.15, -0.1) is 12.4 Å². The van der Waals surface area contributed by atoms with Crippen LogP contribution in [0.25, 0.3) is 0 Å². The number of benzene rings is 1. The van der Waals surface area contributed by atoms with E-state index < -0.39 is 0 Å². The quantitative estimate of drug-likeness (QED) is 0.766. The molecule has 2 nitrogen and oxygen atoms in total. The van der Waals surface area contributed by atoms with Crippen molar-refractivity contribution >= 4 is 12.4 Å². The van der Waals surface area contributed by atoms with Crippen LogP contribution >= 0.6 is 12.4 Å². The van der Waals surface area contributed by atoms with Gasteiger partial charge in [0.25, 0.3) is 0 Å². The van der Waals surface area contributed by atoms with E-state index in [0.29, 0.717) is 5.92 Å². The summed E-state index contributed by atoms with van der Waals surface area (Å²) >= 11 is 0. The molecule has 1 aliphatic heterocycles. The van der Waals surface area contributed by atoms with Crippen molar-refractivity contribution in [1.82, 2.24) is 5.32 Å². The first-order chi connectivity index (χ1) is 6.42. The van der Waals surface area contributed by atoms with Crippen molar-refractivity contribution in [3.63, 3.8) is 0 Å². The minimum absolute atomic E-state index is 0. The van der Waals surface area contributed by atoms with Crippen LogP contribution in [0.1, 0.15) is 11.5 Å². The largest absolute Gasteiger partial charge is 0.315 e. The van der Waals surface area contributed by atoms with Gasteiger partial charge < -0.3 is 5.32 Å². The molecule has 1 heterocycles. The fraction of sp³-hybridized carbons (Fsp3) is 0.364. The van der Waals surface area contributed by atoms with Gasteiger partial charge >= 0.3 is 0 Å². The number of rotatable bonds is 1. The molecule has 0 aliphatic carbocycles. The lowest BCUT2D eigenvalue weighted by atomic mass is 9.90. The third-order valence-electron chi connectivity index (χ3n) is 2.61. The van der Waals surface area contributed by atoms with Crippen molar-refractivity contribution < 1.29 is 0 Å². The number of hydrogen-bond donors (Lipinski definition) is 1. The Morgan fingerprint density at radius 3 is 2.57 bits per heavy atom. The minimum atomic E-state index is 0. The molecule has 0 amide bonds. The van der Waals surface area contributed by atoms with E-state index in [4.69, 9.17) is 5.26 Å². The standard InChI is InChI=1S/C11H12N2.ClH/c12-6-10-7-13-8-11(10)9-4-2-1-3-5-9;/h1-5,10-11,13H,7-8H2;1H/t10-,11+;/m1./s1. The normalized spacial score (nSPS) is 25.1. The molecule has 1 saturated heterocycles. The Hall–Kier alpha value is -1.04. The van der Waals surface area contributed by atoms with E-state index in [-0.39, 0.29) is 18.3 Å². The topological polar surface area (TPSA) is 35.8 Å². The molecule has 74 valence electrons. The summed E-state index contributed by atoms with van der Waals surface area (Å²) in [6.07, 6.45) is 0. The molecule has 2 rings (SSSR count). The van der Waals surface area contributed by atoms with Crippen LogP contribution in [0.2, 0.25) is 0 Å². The third-order valence-corrected chi connectivity index (χ3v) is 2.61. The monoisotopic (exact) mass is 208 g/mol.